The second kappa shape index (κ2) is 9.16. The molecule has 7 nitrogen and oxygen atoms in total. The largest absolute Gasteiger partial charge is 0.495 e. The zero-order valence-corrected chi connectivity index (χ0v) is 15.3. The molecule has 0 atom stereocenters. The van der Waals surface area contributed by atoms with Crippen LogP contribution in [0.5, 0.6) is 5.75 Å². The minimum Gasteiger partial charge on any atom is -0.495 e. The Balaban J connectivity index is 1.56. The highest BCUT2D eigenvalue weighted by Crippen LogP contribution is 2.23. The number of ether oxygens (including phenoxy) is 2. The van der Waals surface area contributed by atoms with E-state index in [0.29, 0.717) is 42.4 Å². The van der Waals surface area contributed by atoms with E-state index in [1.54, 1.807) is 43.5 Å². The van der Waals surface area contributed by atoms with Crippen molar-refractivity contribution in [1.29, 1.82) is 0 Å². The molecule has 7 heteroatoms. The third-order valence-corrected chi connectivity index (χ3v) is 4.40. The molecule has 1 aliphatic rings. The van der Waals surface area contributed by atoms with E-state index in [1.165, 1.54) is 4.90 Å². The Morgan fingerprint density at radius 1 is 1.04 bits per heavy atom. The van der Waals surface area contributed by atoms with Gasteiger partial charge in [0.15, 0.2) is 6.54 Å². The number of quaternary nitrogens is 1. The molecule has 3 N–H and O–H groups in total. The summed E-state index contributed by atoms with van der Waals surface area (Å²) in [4.78, 5) is 25.8. The van der Waals surface area contributed by atoms with Crippen molar-refractivity contribution in [2.24, 2.45) is 0 Å². The third-order valence-electron chi connectivity index (χ3n) is 4.40. The van der Waals surface area contributed by atoms with E-state index in [9.17, 15) is 9.59 Å². The fourth-order valence-corrected chi connectivity index (χ4v) is 2.92. The SMILES string of the molecule is COc1ccccc1NC(=O)c1ccc(NC(=O)C[NH+]2CCOCC2)cc1. The number of hydrogen-bond donors (Lipinski definition) is 3. The zero-order chi connectivity index (χ0) is 19.1. The van der Waals surface area contributed by atoms with Crippen LogP contribution in [-0.2, 0) is 9.53 Å². The monoisotopic (exact) mass is 370 g/mol. The number of nitrogens with one attached hydrogen (secondary N) is 3. The molecule has 2 aromatic carbocycles. The molecular weight excluding hydrogens is 346 g/mol. The Hall–Kier alpha value is -2.90. The zero-order valence-electron chi connectivity index (χ0n) is 15.3. The molecule has 3 rings (SSSR count). The first kappa shape index (κ1) is 18.9. The summed E-state index contributed by atoms with van der Waals surface area (Å²) >= 11 is 0. The van der Waals surface area contributed by atoms with Gasteiger partial charge >= 0.3 is 0 Å². The van der Waals surface area contributed by atoms with Gasteiger partial charge in [0.25, 0.3) is 11.8 Å². The smallest absolute Gasteiger partial charge is 0.279 e. The van der Waals surface area contributed by atoms with Crippen LogP contribution in [-0.4, -0.2) is 51.8 Å². The Morgan fingerprint density at radius 3 is 2.44 bits per heavy atom. The lowest BCUT2D eigenvalue weighted by Gasteiger charge is -2.23. The molecule has 0 unspecified atom stereocenters. The Bertz CT molecular complexity index is 786. The van der Waals surface area contributed by atoms with Crippen molar-refractivity contribution in [3.05, 3.63) is 54.1 Å². The predicted molar refractivity (Wildman–Crippen MR) is 102 cm³/mol. The van der Waals surface area contributed by atoms with Crippen LogP contribution in [0.4, 0.5) is 11.4 Å². The van der Waals surface area contributed by atoms with E-state index >= 15 is 0 Å². The number of morpholine rings is 1. The van der Waals surface area contributed by atoms with Crippen LogP contribution in [0.1, 0.15) is 10.4 Å². The third kappa shape index (κ3) is 5.29. The molecule has 1 fully saturated rings. The number of carbonyl (C=O) groups is 2. The summed E-state index contributed by atoms with van der Waals surface area (Å²) in [5.41, 5.74) is 1.77. The summed E-state index contributed by atoms with van der Waals surface area (Å²) in [6.07, 6.45) is 0. The summed E-state index contributed by atoms with van der Waals surface area (Å²) in [6.45, 7) is 3.49. The number of hydrogen-bond acceptors (Lipinski definition) is 4. The highest BCUT2D eigenvalue weighted by Gasteiger charge is 2.17. The second-order valence-electron chi connectivity index (χ2n) is 6.32. The molecule has 0 aliphatic carbocycles. The number of amides is 2. The number of carbonyl (C=O) groups excluding carboxylic acids is 2. The standard InChI is InChI=1S/C20H23N3O4/c1-26-18-5-3-2-4-17(18)22-20(25)15-6-8-16(9-7-15)21-19(24)14-23-10-12-27-13-11-23/h2-9H,10-14H2,1H3,(H,21,24)(H,22,25)/p+1. The Labute approximate surface area is 158 Å². The summed E-state index contributed by atoms with van der Waals surface area (Å²) in [6, 6.07) is 14.0. The molecule has 0 radical (unpaired) electrons. The minimum atomic E-state index is -0.241. The van der Waals surface area contributed by atoms with E-state index in [-0.39, 0.29) is 11.8 Å². The van der Waals surface area contributed by atoms with Crippen LogP contribution in [0.15, 0.2) is 48.5 Å². The summed E-state index contributed by atoms with van der Waals surface area (Å²) in [5.74, 6) is 0.314. The number of anilines is 2. The van der Waals surface area contributed by atoms with Crippen molar-refractivity contribution in [1.82, 2.24) is 0 Å². The molecule has 2 aromatic rings. The maximum absolute atomic E-state index is 12.4. The molecule has 0 aromatic heterocycles. The first-order chi connectivity index (χ1) is 13.2. The lowest BCUT2D eigenvalue weighted by Crippen LogP contribution is -3.15. The highest BCUT2D eigenvalue weighted by atomic mass is 16.5. The maximum atomic E-state index is 12.4. The van der Waals surface area contributed by atoms with Crippen LogP contribution < -0.4 is 20.3 Å². The molecule has 1 aliphatic heterocycles. The lowest BCUT2D eigenvalue weighted by molar-refractivity contribution is -0.899. The molecule has 0 spiro atoms. The minimum absolute atomic E-state index is 0.0434. The van der Waals surface area contributed by atoms with Gasteiger partial charge in [-0.1, -0.05) is 12.1 Å². The molecule has 2 amide bonds. The van der Waals surface area contributed by atoms with Gasteiger partial charge in [0.05, 0.1) is 26.0 Å². The van der Waals surface area contributed by atoms with E-state index in [1.807, 2.05) is 12.1 Å². The first-order valence-corrected chi connectivity index (χ1v) is 8.91. The van der Waals surface area contributed by atoms with Gasteiger partial charge in [0.2, 0.25) is 0 Å². The average Bonchev–Trinajstić information content (AvgIpc) is 2.69. The van der Waals surface area contributed by atoms with Gasteiger partial charge in [-0.3, -0.25) is 9.59 Å². The van der Waals surface area contributed by atoms with Crippen molar-refractivity contribution >= 4 is 23.2 Å². The van der Waals surface area contributed by atoms with E-state index in [0.717, 1.165) is 13.1 Å². The van der Waals surface area contributed by atoms with Crippen LogP contribution >= 0.6 is 0 Å². The molecule has 27 heavy (non-hydrogen) atoms. The average molecular weight is 370 g/mol. The number of para-hydroxylation sites is 2. The quantitative estimate of drug-likeness (QED) is 0.703. The Morgan fingerprint density at radius 2 is 1.74 bits per heavy atom. The molecule has 0 bridgehead atoms. The van der Waals surface area contributed by atoms with Gasteiger partial charge < -0.3 is 25.0 Å². The summed E-state index contributed by atoms with van der Waals surface area (Å²) in [7, 11) is 1.56. The maximum Gasteiger partial charge on any atom is 0.279 e. The van der Waals surface area contributed by atoms with Crippen LogP contribution in [0.2, 0.25) is 0 Å². The van der Waals surface area contributed by atoms with E-state index in [4.69, 9.17) is 9.47 Å². The fourth-order valence-electron chi connectivity index (χ4n) is 2.92. The van der Waals surface area contributed by atoms with Gasteiger partial charge in [-0.25, -0.2) is 0 Å². The topological polar surface area (TPSA) is 81.1 Å². The van der Waals surface area contributed by atoms with Gasteiger partial charge in [-0.15, -0.1) is 0 Å². The molecule has 1 heterocycles. The van der Waals surface area contributed by atoms with Gasteiger partial charge in [0, 0.05) is 11.3 Å². The lowest BCUT2D eigenvalue weighted by atomic mass is 10.2. The Kier molecular flexibility index (Phi) is 6.40. The highest BCUT2D eigenvalue weighted by molar-refractivity contribution is 6.05. The van der Waals surface area contributed by atoms with Crippen molar-refractivity contribution in [3.63, 3.8) is 0 Å². The summed E-state index contributed by atoms with van der Waals surface area (Å²) in [5, 5.41) is 5.70. The molecule has 1 saturated heterocycles. The molecule has 0 saturated carbocycles. The van der Waals surface area contributed by atoms with Gasteiger partial charge in [0.1, 0.15) is 18.8 Å². The van der Waals surface area contributed by atoms with Crippen LogP contribution in [0.3, 0.4) is 0 Å². The van der Waals surface area contributed by atoms with Crippen molar-refractivity contribution < 1.29 is 24.0 Å². The normalized spacial score (nSPS) is 14.4. The van der Waals surface area contributed by atoms with Crippen LogP contribution in [0, 0.1) is 0 Å². The van der Waals surface area contributed by atoms with Crippen molar-refractivity contribution in [3.8, 4) is 5.75 Å². The van der Waals surface area contributed by atoms with Gasteiger partial charge in [-0.2, -0.15) is 0 Å². The summed E-state index contributed by atoms with van der Waals surface area (Å²) < 4.78 is 10.5. The van der Waals surface area contributed by atoms with Crippen LogP contribution in [0.25, 0.3) is 0 Å². The van der Waals surface area contributed by atoms with Gasteiger partial charge in [-0.05, 0) is 36.4 Å². The molecular formula is C20H24N3O4+. The number of methoxy groups -OCH3 is 1. The number of rotatable bonds is 6. The predicted octanol–water partition coefficient (Wildman–Crippen LogP) is 0.801. The van der Waals surface area contributed by atoms with E-state index in [2.05, 4.69) is 10.6 Å². The van der Waals surface area contributed by atoms with Crippen molar-refractivity contribution in [2.45, 2.75) is 0 Å². The first-order valence-electron chi connectivity index (χ1n) is 8.91. The number of benzene rings is 2. The second-order valence-corrected chi connectivity index (χ2v) is 6.32. The van der Waals surface area contributed by atoms with E-state index < -0.39 is 0 Å². The molecule has 142 valence electrons. The van der Waals surface area contributed by atoms with Crippen molar-refractivity contribution in [2.75, 3.05) is 50.6 Å². The fraction of sp³-hybridized carbons (Fsp3) is 0.300.